The van der Waals surface area contributed by atoms with Crippen molar-refractivity contribution >= 4 is 27.0 Å². The number of rotatable bonds is 3. The van der Waals surface area contributed by atoms with Gasteiger partial charge in [-0.3, -0.25) is 4.79 Å². The molecule has 1 aromatic carbocycles. The number of fused-ring (bicyclic) bond motifs is 1. The summed E-state index contributed by atoms with van der Waals surface area (Å²) in [6, 6.07) is 4.30. The lowest BCUT2D eigenvalue weighted by Crippen LogP contribution is -2.42. The lowest BCUT2D eigenvalue weighted by molar-refractivity contribution is -0.142. The summed E-state index contributed by atoms with van der Waals surface area (Å²) in [5.41, 5.74) is 0.511. The van der Waals surface area contributed by atoms with E-state index in [1.807, 2.05) is 0 Å². The van der Waals surface area contributed by atoms with Crippen LogP contribution in [-0.2, 0) is 14.8 Å². The smallest absolute Gasteiger partial charge is 0.323 e. The molecular weight excluding hydrogens is 310 g/mol. The molecule has 1 aromatic heterocycles. The number of aromatic nitrogens is 2. The van der Waals surface area contributed by atoms with E-state index in [0.717, 1.165) is 0 Å². The maximum atomic E-state index is 12.6. The number of sulfonamides is 1. The van der Waals surface area contributed by atoms with E-state index in [4.69, 9.17) is 5.11 Å². The normalized spacial score (nSPS) is 20.3. The van der Waals surface area contributed by atoms with Crippen molar-refractivity contribution in [2.45, 2.75) is 17.7 Å². The van der Waals surface area contributed by atoms with Gasteiger partial charge in [0.2, 0.25) is 10.0 Å². The number of benzene rings is 1. The number of aliphatic carboxylic acids is 1. The van der Waals surface area contributed by atoms with Gasteiger partial charge in [-0.2, -0.15) is 4.31 Å². The predicted octanol–water partition coefficient (Wildman–Crippen LogP) is 0.342. The molecule has 0 radical (unpaired) electrons. The molecule has 2 aromatic rings. The minimum Gasteiger partial charge on any atom is -0.481 e. The van der Waals surface area contributed by atoms with Gasteiger partial charge in [-0.05, 0) is 31.0 Å². The summed E-state index contributed by atoms with van der Waals surface area (Å²) in [6.45, 7) is 0.271. The number of aromatic amines is 2. The molecule has 1 aliphatic rings. The van der Waals surface area contributed by atoms with Crippen LogP contribution in [0.25, 0.3) is 11.0 Å². The number of piperidine rings is 1. The first-order valence-corrected chi connectivity index (χ1v) is 8.27. The standard InChI is InChI=1S/C13H15N3O5S/c17-12(18)8-2-1-5-16(7-8)22(20,21)9-3-4-10-11(6-9)15-13(19)14-10/h3-4,6,8H,1-2,5,7H2,(H,17,18)(H2,14,15,19)/t8-/m0/s1. The van der Waals surface area contributed by atoms with Gasteiger partial charge >= 0.3 is 11.7 Å². The van der Waals surface area contributed by atoms with Crippen LogP contribution < -0.4 is 5.69 Å². The number of nitrogens with zero attached hydrogens (tertiary/aromatic N) is 1. The van der Waals surface area contributed by atoms with Crippen molar-refractivity contribution in [2.75, 3.05) is 13.1 Å². The Morgan fingerprint density at radius 3 is 2.73 bits per heavy atom. The molecule has 3 rings (SSSR count). The summed E-state index contributed by atoms with van der Waals surface area (Å²) in [6.07, 6.45) is 0.991. The van der Waals surface area contributed by atoms with Crippen molar-refractivity contribution in [1.82, 2.24) is 14.3 Å². The molecule has 1 saturated heterocycles. The lowest BCUT2D eigenvalue weighted by atomic mass is 10.0. The molecule has 1 aliphatic heterocycles. The van der Waals surface area contributed by atoms with E-state index in [-0.39, 0.29) is 11.4 Å². The third-order valence-corrected chi connectivity index (χ3v) is 5.72. The van der Waals surface area contributed by atoms with E-state index in [1.54, 1.807) is 0 Å². The van der Waals surface area contributed by atoms with Crippen LogP contribution in [0.3, 0.4) is 0 Å². The maximum absolute atomic E-state index is 12.6. The molecule has 1 atom stereocenters. The minimum absolute atomic E-state index is 0.0284. The number of hydrogen-bond donors (Lipinski definition) is 3. The molecule has 3 N–H and O–H groups in total. The number of carboxylic acid groups (broad SMARTS) is 1. The van der Waals surface area contributed by atoms with Crippen LogP contribution in [0, 0.1) is 5.92 Å². The van der Waals surface area contributed by atoms with E-state index in [0.29, 0.717) is 30.4 Å². The third kappa shape index (κ3) is 2.53. The average Bonchev–Trinajstić information content (AvgIpc) is 2.86. The van der Waals surface area contributed by atoms with Gasteiger partial charge in [0.05, 0.1) is 21.8 Å². The maximum Gasteiger partial charge on any atom is 0.323 e. The Morgan fingerprint density at radius 1 is 1.27 bits per heavy atom. The van der Waals surface area contributed by atoms with Crippen molar-refractivity contribution in [1.29, 1.82) is 0 Å². The molecule has 0 spiro atoms. The Labute approximate surface area is 125 Å². The molecule has 22 heavy (non-hydrogen) atoms. The number of carbonyl (C=O) groups is 1. The molecule has 0 bridgehead atoms. The highest BCUT2D eigenvalue weighted by molar-refractivity contribution is 7.89. The zero-order chi connectivity index (χ0) is 15.9. The first-order chi connectivity index (χ1) is 10.4. The molecule has 9 heteroatoms. The van der Waals surface area contributed by atoms with Gasteiger partial charge in [0.25, 0.3) is 0 Å². The zero-order valence-electron chi connectivity index (χ0n) is 11.6. The highest BCUT2D eigenvalue weighted by atomic mass is 32.2. The van der Waals surface area contributed by atoms with Crippen molar-refractivity contribution in [3.8, 4) is 0 Å². The first-order valence-electron chi connectivity index (χ1n) is 6.83. The Balaban J connectivity index is 1.96. The monoisotopic (exact) mass is 325 g/mol. The second-order valence-electron chi connectivity index (χ2n) is 5.33. The van der Waals surface area contributed by atoms with E-state index < -0.39 is 27.6 Å². The number of carboxylic acids is 1. The van der Waals surface area contributed by atoms with Gasteiger partial charge in [0.1, 0.15) is 0 Å². The highest BCUT2D eigenvalue weighted by Gasteiger charge is 2.33. The van der Waals surface area contributed by atoms with Gasteiger partial charge < -0.3 is 15.1 Å². The Bertz CT molecular complexity index is 882. The lowest BCUT2D eigenvalue weighted by Gasteiger charge is -2.29. The summed E-state index contributed by atoms with van der Waals surface area (Å²) in [5, 5.41) is 9.07. The fourth-order valence-electron chi connectivity index (χ4n) is 2.68. The zero-order valence-corrected chi connectivity index (χ0v) is 12.4. The van der Waals surface area contributed by atoms with Gasteiger partial charge in [-0.25, -0.2) is 13.2 Å². The Hall–Kier alpha value is -2.13. The molecule has 0 saturated carbocycles. The SMILES string of the molecule is O=C(O)[C@H]1CCCN(S(=O)(=O)c2ccc3[nH]c(=O)[nH]c3c2)C1. The molecule has 118 valence electrons. The fourth-order valence-corrected chi connectivity index (χ4v) is 4.23. The second kappa shape index (κ2) is 5.25. The van der Waals surface area contributed by atoms with Crippen LogP contribution in [0.4, 0.5) is 0 Å². The summed E-state index contributed by atoms with van der Waals surface area (Å²) >= 11 is 0. The highest BCUT2D eigenvalue weighted by Crippen LogP contribution is 2.25. The van der Waals surface area contributed by atoms with Crippen LogP contribution in [0.15, 0.2) is 27.9 Å². The fraction of sp³-hybridized carbons (Fsp3) is 0.385. The van der Waals surface area contributed by atoms with Gasteiger partial charge in [0, 0.05) is 13.1 Å². The molecule has 0 unspecified atom stereocenters. The van der Waals surface area contributed by atoms with Crippen LogP contribution in [0.2, 0.25) is 0 Å². The van der Waals surface area contributed by atoms with Crippen molar-refractivity contribution in [2.24, 2.45) is 5.92 Å². The predicted molar refractivity (Wildman–Crippen MR) is 78.0 cm³/mol. The van der Waals surface area contributed by atoms with Crippen LogP contribution >= 0.6 is 0 Å². The van der Waals surface area contributed by atoms with E-state index in [2.05, 4.69) is 9.97 Å². The molecule has 0 aliphatic carbocycles. The summed E-state index contributed by atoms with van der Waals surface area (Å²) < 4.78 is 26.5. The van der Waals surface area contributed by atoms with Crippen LogP contribution in [0.1, 0.15) is 12.8 Å². The Kier molecular flexibility index (Phi) is 3.53. The molecule has 1 fully saturated rings. The molecule has 0 amide bonds. The summed E-state index contributed by atoms with van der Waals surface area (Å²) in [5.74, 6) is -1.66. The molecular formula is C13H15N3O5S. The minimum atomic E-state index is -3.78. The number of H-pyrrole nitrogens is 2. The van der Waals surface area contributed by atoms with Gasteiger partial charge in [0.15, 0.2) is 0 Å². The van der Waals surface area contributed by atoms with Crippen LogP contribution in [0.5, 0.6) is 0 Å². The average molecular weight is 325 g/mol. The van der Waals surface area contributed by atoms with E-state index >= 15 is 0 Å². The number of nitrogens with one attached hydrogen (secondary N) is 2. The third-order valence-electron chi connectivity index (χ3n) is 3.86. The van der Waals surface area contributed by atoms with Gasteiger partial charge in [-0.15, -0.1) is 0 Å². The molecule has 2 heterocycles. The number of hydrogen-bond acceptors (Lipinski definition) is 4. The first kappa shape index (κ1) is 14.8. The Morgan fingerprint density at radius 2 is 2.00 bits per heavy atom. The van der Waals surface area contributed by atoms with E-state index in [9.17, 15) is 18.0 Å². The second-order valence-corrected chi connectivity index (χ2v) is 7.26. The van der Waals surface area contributed by atoms with Crippen LogP contribution in [-0.4, -0.2) is 46.9 Å². The number of imidazole rings is 1. The van der Waals surface area contributed by atoms with Crippen molar-refractivity contribution < 1.29 is 18.3 Å². The van der Waals surface area contributed by atoms with Gasteiger partial charge in [-0.1, -0.05) is 0 Å². The molecule has 8 nitrogen and oxygen atoms in total. The largest absolute Gasteiger partial charge is 0.481 e. The topological polar surface area (TPSA) is 123 Å². The summed E-state index contributed by atoms with van der Waals surface area (Å²) in [4.78, 5) is 27.4. The van der Waals surface area contributed by atoms with E-state index in [1.165, 1.54) is 22.5 Å². The summed E-state index contributed by atoms with van der Waals surface area (Å²) in [7, 11) is -3.78. The van der Waals surface area contributed by atoms with Crippen molar-refractivity contribution in [3.05, 3.63) is 28.7 Å². The van der Waals surface area contributed by atoms with Crippen molar-refractivity contribution in [3.63, 3.8) is 0 Å². The quantitative estimate of drug-likeness (QED) is 0.751.